The molecule has 0 saturated carbocycles. The molecule has 0 aromatic heterocycles. The van der Waals surface area contributed by atoms with Gasteiger partial charge in [-0.3, -0.25) is 4.79 Å². The fourth-order valence-electron chi connectivity index (χ4n) is 3.16. The van der Waals surface area contributed by atoms with E-state index in [1.165, 1.54) is 33.2 Å². The lowest BCUT2D eigenvalue weighted by Gasteiger charge is -2.34. The van der Waals surface area contributed by atoms with Gasteiger partial charge in [-0.15, -0.1) is 0 Å². The highest BCUT2D eigenvalue weighted by Crippen LogP contribution is 2.34. The van der Waals surface area contributed by atoms with Gasteiger partial charge < -0.3 is 19.3 Å². The molecular formula is C17H23N3O6S. The van der Waals surface area contributed by atoms with Gasteiger partial charge in [-0.1, -0.05) is 0 Å². The second-order valence-corrected chi connectivity index (χ2v) is 8.18. The number of anilines is 1. The Bertz CT molecular complexity index is 833. The zero-order valence-corrected chi connectivity index (χ0v) is 16.2. The first-order chi connectivity index (χ1) is 12.8. The number of benzene rings is 1. The minimum absolute atomic E-state index is 0.0996. The maximum atomic E-state index is 13.0. The maximum absolute atomic E-state index is 13.0. The molecule has 0 spiro atoms. The van der Waals surface area contributed by atoms with Crippen LogP contribution in [0.3, 0.4) is 0 Å². The minimum atomic E-state index is -3.75. The van der Waals surface area contributed by atoms with E-state index in [-0.39, 0.29) is 43.6 Å². The molecule has 0 atom stereocenters. The van der Waals surface area contributed by atoms with E-state index >= 15 is 0 Å². The van der Waals surface area contributed by atoms with Gasteiger partial charge in [0, 0.05) is 33.1 Å². The summed E-state index contributed by atoms with van der Waals surface area (Å²) in [6.45, 7) is 5.10. The summed E-state index contributed by atoms with van der Waals surface area (Å²) in [5.41, 5.74) is 0.458. The normalized spacial score (nSPS) is 17.9. The Balaban J connectivity index is 1.79. The highest BCUT2D eigenvalue weighted by atomic mass is 32.2. The van der Waals surface area contributed by atoms with Crippen molar-refractivity contribution in [1.29, 1.82) is 0 Å². The van der Waals surface area contributed by atoms with Crippen LogP contribution in [0.2, 0.25) is 0 Å². The quantitative estimate of drug-likeness (QED) is 0.752. The highest BCUT2D eigenvalue weighted by molar-refractivity contribution is 7.89. The first-order valence-corrected chi connectivity index (χ1v) is 10.3. The van der Waals surface area contributed by atoms with Crippen LogP contribution in [0.1, 0.15) is 13.8 Å². The second kappa shape index (κ2) is 7.73. The number of hydrogen-bond donors (Lipinski definition) is 0. The van der Waals surface area contributed by atoms with E-state index in [4.69, 9.17) is 9.47 Å². The van der Waals surface area contributed by atoms with Crippen LogP contribution in [-0.2, 0) is 19.6 Å². The minimum Gasteiger partial charge on any atom is -0.490 e. The lowest BCUT2D eigenvalue weighted by Crippen LogP contribution is -2.50. The summed E-state index contributed by atoms with van der Waals surface area (Å²) in [5, 5.41) is 0. The van der Waals surface area contributed by atoms with Crippen LogP contribution in [0.4, 0.5) is 10.5 Å². The highest BCUT2D eigenvalue weighted by Gasteiger charge is 2.32. The fraction of sp³-hybridized carbons (Fsp3) is 0.529. The third-order valence-electron chi connectivity index (χ3n) is 4.58. The number of nitrogens with zero attached hydrogens (tertiary/aromatic N) is 3. The van der Waals surface area contributed by atoms with Crippen molar-refractivity contribution in [3.8, 4) is 5.75 Å². The Kier molecular flexibility index (Phi) is 5.56. The average Bonchev–Trinajstić information content (AvgIpc) is 2.67. The molecule has 2 heterocycles. The van der Waals surface area contributed by atoms with Gasteiger partial charge in [0.05, 0.1) is 23.7 Å². The smallest absolute Gasteiger partial charge is 0.409 e. The Hall–Kier alpha value is -2.33. The molecule has 2 amide bonds. The fourth-order valence-corrected chi connectivity index (χ4v) is 4.60. The van der Waals surface area contributed by atoms with Crippen LogP contribution in [-0.4, -0.2) is 75.6 Å². The predicted octanol–water partition coefficient (Wildman–Crippen LogP) is 0.895. The third kappa shape index (κ3) is 3.86. The van der Waals surface area contributed by atoms with Crippen molar-refractivity contribution in [2.75, 3.05) is 50.8 Å². The molecule has 27 heavy (non-hydrogen) atoms. The summed E-state index contributed by atoms with van der Waals surface area (Å²) in [7, 11) is -3.75. The van der Waals surface area contributed by atoms with Crippen molar-refractivity contribution in [2.45, 2.75) is 18.7 Å². The van der Waals surface area contributed by atoms with Gasteiger partial charge in [0.15, 0.2) is 0 Å². The van der Waals surface area contributed by atoms with Crippen molar-refractivity contribution >= 4 is 27.7 Å². The summed E-state index contributed by atoms with van der Waals surface area (Å²) in [6.07, 6.45) is -0.433. The van der Waals surface area contributed by atoms with Crippen molar-refractivity contribution in [3.63, 3.8) is 0 Å². The molecule has 1 aromatic rings. The van der Waals surface area contributed by atoms with Crippen molar-refractivity contribution in [3.05, 3.63) is 18.2 Å². The standard InChI is InChI=1S/C17H23N3O6S/c1-3-25-17(22)18-6-8-19(9-7-18)27(23,24)14-4-5-16-15(12-14)20(13(2)21)10-11-26-16/h4-5,12H,3,6-11H2,1-2H3. The molecule has 1 saturated heterocycles. The maximum Gasteiger partial charge on any atom is 0.409 e. The lowest BCUT2D eigenvalue weighted by atomic mass is 10.2. The molecule has 1 fully saturated rings. The molecule has 2 aliphatic rings. The zero-order chi connectivity index (χ0) is 19.6. The monoisotopic (exact) mass is 397 g/mol. The summed E-state index contributed by atoms with van der Waals surface area (Å²) < 4.78 is 37.8. The van der Waals surface area contributed by atoms with Crippen molar-refractivity contribution in [1.82, 2.24) is 9.21 Å². The Morgan fingerprint density at radius 1 is 1.15 bits per heavy atom. The largest absolute Gasteiger partial charge is 0.490 e. The zero-order valence-electron chi connectivity index (χ0n) is 15.4. The molecular weight excluding hydrogens is 374 g/mol. The van der Waals surface area contributed by atoms with Crippen LogP contribution in [0.15, 0.2) is 23.1 Å². The van der Waals surface area contributed by atoms with E-state index in [2.05, 4.69) is 0 Å². The first-order valence-electron chi connectivity index (χ1n) is 8.81. The average molecular weight is 397 g/mol. The van der Waals surface area contributed by atoms with Crippen LogP contribution in [0.25, 0.3) is 0 Å². The summed E-state index contributed by atoms with van der Waals surface area (Å²) in [5.74, 6) is 0.319. The number of rotatable bonds is 3. The van der Waals surface area contributed by atoms with E-state index in [0.717, 1.165) is 0 Å². The van der Waals surface area contributed by atoms with Crippen molar-refractivity contribution < 1.29 is 27.5 Å². The van der Waals surface area contributed by atoms with E-state index in [9.17, 15) is 18.0 Å². The van der Waals surface area contributed by atoms with E-state index < -0.39 is 16.1 Å². The van der Waals surface area contributed by atoms with Gasteiger partial charge in [-0.25, -0.2) is 13.2 Å². The Labute approximate surface area is 158 Å². The molecule has 0 N–H and O–H groups in total. The molecule has 10 heteroatoms. The SMILES string of the molecule is CCOC(=O)N1CCN(S(=O)(=O)c2ccc3c(c2)N(C(C)=O)CCO3)CC1. The van der Waals surface area contributed by atoms with E-state index in [1.54, 1.807) is 13.0 Å². The Morgan fingerprint density at radius 3 is 2.48 bits per heavy atom. The Morgan fingerprint density at radius 2 is 1.85 bits per heavy atom. The number of sulfonamides is 1. The van der Waals surface area contributed by atoms with Crippen LogP contribution in [0, 0.1) is 0 Å². The van der Waals surface area contributed by atoms with Crippen LogP contribution in [0.5, 0.6) is 5.75 Å². The number of carbonyl (C=O) groups is 2. The third-order valence-corrected chi connectivity index (χ3v) is 6.47. The summed E-state index contributed by atoms with van der Waals surface area (Å²) >= 11 is 0. The number of ether oxygens (including phenoxy) is 2. The molecule has 0 aliphatic carbocycles. The van der Waals surface area contributed by atoms with Gasteiger partial charge in [0.2, 0.25) is 15.9 Å². The first kappa shape index (κ1) is 19.4. The molecule has 0 bridgehead atoms. The predicted molar refractivity (Wildman–Crippen MR) is 97.3 cm³/mol. The number of fused-ring (bicyclic) bond motifs is 1. The number of hydrogen-bond acceptors (Lipinski definition) is 6. The van der Waals surface area contributed by atoms with E-state index in [0.29, 0.717) is 24.6 Å². The summed E-state index contributed by atoms with van der Waals surface area (Å²) in [6, 6.07) is 4.53. The molecule has 0 unspecified atom stereocenters. The van der Waals surface area contributed by atoms with Gasteiger partial charge in [-0.2, -0.15) is 4.31 Å². The molecule has 0 radical (unpaired) electrons. The van der Waals surface area contributed by atoms with Crippen LogP contribution < -0.4 is 9.64 Å². The van der Waals surface area contributed by atoms with Gasteiger partial charge in [-0.05, 0) is 25.1 Å². The topological polar surface area (TPSA) is 96.5 Å². The van der Waals surface area contributed by atoms with Gasteiger partial charge in [0.25, 0.3) is 0 Å². The molecule has 9 nitrogen and oxygen atoms in total. The summed E-state index contributed by atoms with van der Waals surface area (Å²) in [4.78, 5) is 26.7. The molecule has 1 aromatic carbocycles. The lowest BCUT2D eigenvalue weighted by molar-refractivity contribution is -0.116. The molecule has 3 rings (SSSR count). The molecule has 148 valence electrons. The second-order valence-electron chi connectivity index (χ2n) is 6.24. The number of piperazine rings is 1. The number of carbonyl (C=O) groups excluding carboxylic acids is 2. The van der Waals surface area contributed by atoms with Crippen molar-refractivity contribution in [2.24, 2.45) is 0 Å². The van der Waals surface area contributed by atoms with Crippen LogP contribution >= 0.6 is 0 Å². The van der Waals surface area contributed by atoms with Gasteiger partial charge in [0.1, 0.15) is 12.4 Å². The van der Waals surface area contributed by atoms with Gasteiger partial charge >= 0.3 is 6.09 Å². The molecule has 2 aliphatic heterocycles. The van der Waals surface area contributed by atoms with E-state index in [1.807, 2.05) is 0 Å². The number of amides is 2.